The molecule has 0 aliphatic carbocycles. The van der Waals surface area contributed by atoms with Gasteiger partial charge in [0.05, 0.1) is 12.4 Å². The van der Waals surface area contributed by atoms with Crippen molar-refractivity contribution in [3.8, 4) is 0 Å². The molecule has 4 aromatic carbocycles. The summed E-state index contributed by atoms with van der Waals surface area (Å²) in [6, 6.07) is 22.7. The number of alkyl halides is 1. The van der Waals surface area contributed by atoms with Gasteiger partial charge in [-0.1, -0.05) is 101 Å². The van der Waals surface area contributed by atoms with E-state index in [1.807, 2.05) is 120 Å². The third-order valence-electron chi connectivity index (χ3n) is 6.37. The third kappa shape index (κ3) is 22.2. The number of ketones is 2. The molecule has 4 rings (SSSR count). The first kappa shape index (κ1) is 55.2. The smallest absolute Gasteiger partial charge is 0.325 e. The van der Waals surface area contributed by atoms with Crippen molar-refractivity contribution in [3.05, 3.63) is 83.9 Å². The largest absolute Gasteiger partial charge is 0.480 e. The van der Waals surface area contributed by atoms with E-state index in [0.717, 1.165) is 39.2 Å². The monoisotopic (exact) mass is 802 g/mol. The molecule has 0 aliphatic heterocycles. The van der Waals surface area contributed by atoms with Crippen molar-refractivity contribution in [1.82, 2.24) is 0 Å². The van der Waals surface area contributed by atoms with E-state index in [2.05, 4.69) is 25.4 Å². The second-order valence-corrected chi connectivity index (χ2v) is 10.7. The summed E-state index contributed by atoms with van der Waals surface area (Å²) in [5, 5.41) is 13.2. The second kappa shape index (κ2) is 33.2. The molecular formula is C42H63BrN2O8. The molecule has 0 radical (unpaired) electrons. The Morgan fingerprint density at radius 1 is 0.642 bits per heavy atom. The Kier molecular flexibility index (Phi) is 34.6. The van der Waals surface area contributed by atoms with Gasteiger partial charge in [-0.3, -0.25) is 19.2 Å². The number of nitrogens with zero attached hydrogens (tertiary/aromatic N) is 2. The van der Waals surface area contributed by atoms with E-state index >= 15 is 0 Å². The number of halogens is 1. The van der Waals surface area contributed by atoms with Crippen LogP contribution in [0.1, 0.15) is 83.5 Å². The number of Topliss-reactive ketones (excluding diaryl/α,β-unsaturated/α-hetero) is 2. The first-order valence-corrected chi connectivity index (χ1v) is 18.1. The highest BCUT2D eigenvalue weighted by Crippen LogP contribution is 2.24. The van der Waals surface area contributed by atoms with Crippen LogP contribution in [0.2, 0.25) is 0 Å². The molecule has 0 saturated carbocycles. The van der Waals surface area contributed by atoms with Gasteiger partial charge in [0.15, 0.2) is 11.6 Å². The van der Waals surface area contributed by atoms with E-state index < -0.39 is 5.97 Å². The molecule has 0 heterocycles. The molecule has 296 valence electrons. The average molecular weight is 804 g/mol. The SMILES string of the molecule is C.CC.CC.CC.CC(=O)c1ccc2cc(N(C)CC(=O)O)ccc2c1.COC.COC(=O)CN(C)c1ccc2cc(C(C)=O)ccc2c1.O=CCBr. The van der Waals surface area contributed by atoms with Gasteiger partial charge >= 0.3 is 11.9 Å². The molecule has 0 spiro atoms. The Hall–Kier alpha value is -4.61. The lowest BCUT2D eigenvalue weighted by atomic mass is 10.0. The summed E-state index contributed by atoms with van der Waals surface area (Å²) in [5.74, 6) is -1.05. The number of aldehydes is 1. The molecule has 0 bridgehead atoms. The first-order valence-electron chi connectivity index (χ1n) is 17.0. The van der Waals surface area contributed by atoms with Crippen LogP contribution in [-0.4, -0.2) is 88.7 Å². The van der Waals surface area contributed by atoms with Crippen LogP contribution in [0.25, 0.3) is 21.5 Å². The molecule has 0 amide bonds. The standard InChI is InChI=1S/C16H17NO3.C15H15NO3.C2H3BrO.C2H6O.3C2H6.CH4/c1-11(18)12-4-5-14-9-15(7-6-13(14)8-12)17(2)10-16(19)20-3;1-10(17)11-3-4-13-8-14(6-5-12(13)7-11)16(2)9-15(18)19;3-1-2-4;1-3-2;3*1-2;/h4-9H,10H2,1-3H3;3-8H,9H2,1-2H3,(H,18,19);2H,1H2;1-2H3;3*1-2H3;1H4. The van der Waals surface area contributed by atoms with Crippen molar-refractivity contribution >= 4 is 78.6 Å². The van der Waals surface area contributed by atoms with Crippen molar-refractivity contribution in [2.24, 2.45) is 0 Å². The number of anilines is 2. The number of benzene rings is 4. The lowest BCUT2D eigenvalue weighted by Crippen LogP contribution is -2.26. The highest BCUT2D eigenvalue weighted by Gasteiger charge is 2.09. The summed E-state index contributed by atoms with van der Waals surface area (Å²) >= 11 is 2.88. The number of methoxy groups -OCH3 is 2. The lowest BCUT2D eigenvalue weighted by Gasteiger charge is -2.18. The van der Waals surface area contributed by atoms with Crippen molar-refractivity contribution < 1.29 is 38.6 Å². The number of carboxylic acid groups (broad SMARTS) is 1. The van der Waals surface area contributed by atoms with Gasteiger partial charge in [-0.2, -0.15) is 0 Å². The number of ether oxygens (including phenoxy) is 2. The molecule has 4 aromatic rings. The topological polar surface area (TPSA) is 131 Å². The van der Waals surface area contributed by atoms with Crippen LogP contribution in [-0.2, 0) is 23.9 Å². The zero-order valence-electron chi connectivity index (χ0n) is 33.2. The van der Waals surface area contributed by atoms with Crippen molar-refractivity contribution in [3.63, 3.8) is 0 Å². The summed E-state index contributed by atoms with van der Waals surface area (Å²) < 4.78 is 8.90. The first-order chi connectivity index (χ1) is 24.8. The fraction of sp³-hybridized carbons (Fsp3) is 0.405. The van der Waals surface area contributed by atoms with E-state index in [-0.39, 0.29) is 38.1 Å². The maximum absolute atomic E-state index is 11.4. The molecule has 0 aromatic heterocycles. The predicted octanol–water partition coefficient (Wildman–Crippen LogP) is 9.77. The van der Waals surface area contributed by atoms with Gasteiger partial charge in [0.2, 0.25) is 0 Å². The van der Waals surface area contributed by atoms with E-state index in [1.54, 1.807) is 39.2 Å². The van der Waals surface area contributed by atoms with Crippen LogP contribution in [0.5, 0.6) is 0 Å². The molecule has 10 nitrogen and oxygen atoms in total. The highest BCUT2D eigenvalue weighted by atomic mass is 79.9. The molecule has 0 unspecified atom stereocenters. The van der Waals surface area contributed by atoms with E-state index in [1.165, 1.54) is 14.0 Å². The number of aliphatic carboxylic acids is 1. The van der Waals surface area contributed by atoms with Gasteiger partial charge in [-0.25, -0.2) is 0 Å². The normalized spacial score (nSPS) is 8.79. The quantitative estimate of drug-likeness (QED) is 0.0756. The van der Waals surface area contributed by atoms with E-state index in [9.17, 15) is 19.2 Å². The third-order valence-corrected chi connectivity index (χ3v) is 6.64. The second-order valence-electron chi connectivity index (χ2n) is 10.0. The van der Waals surface area contributed by atoms with E-state index in [4.69, 9.17) is 9.90 Å². The number of rotatable bonds is 9. The average Bonchev–Trinajstić information content (AvgIpc) is 3.16. The zero-order valence-corrected chi connectivity index (χ0v) is 34.8. The van der Waals surface area contributed by atoms with Gasteiger partial charge < -0.3 is 29.2 Å². The van der Waals surface area contributed by atoms with Crippen LogP contribution in [0.15, 0.2) is 72.8 Å². The van der Waals surface area contributed by atoms with Gasteiger partial charge in [-0.05, 0) is 71.8 Å². The maximum Gasteiger partial charge on any atom is 0.325 e. The number of fused-ring (bicyclic) bond motifs is 2. The van der Waals surface area contributed by atoms with Crippen LogP contribution >= 0.6 is 15.9 Å². The van der Waals surface area contributed by atoms with Crippen LogP contribution in [0.4, 0.5) is 11.4 Å². The lowest BCUT2D eigenvalue weighted by molar-refractivity contribution is -0.139. The molecule has 0 atom stereocenters. The molecule has 0 fully saturated rings. The number of carboxylic acids is 1. The predicted molar refractivity (Wildman–Crippen MR) is 228 cm³/mol. The molecule has 1 N–H and O–H groups in total. The maximum atomic E-state index is 11.4. The summed E-state index contributed by atoms with van der Waals surface area (Å²) in [5.41, 5.74) is 3.15. The zero-order chi connectivity index (χ0) is 40.8. The summed E-state index contributed by atoms with van der Waals surface area (Å²) in [7, 11) is 8.20. The summed E-state index contributed by atoms with van der Waals surface area (Å²) in [6.07, 6.45) is 0.792. The van der Waals surface area contributed by atoms with Gasteiger partial charge in [0.25, 0.3) is 0 Å². The van der Waals surface area contributed by atoms with Crippen molar-refractivity contribution in [1.29, 1.82) is 0 Å². The Morgan fingerprint density at radius 2 is 0.943 bits per heavy atom. The number of hydrogen-bond acceptors (Lipinski definition) is 9. The number of carbonyl (C=O) groups is 5. The van der Waals surface area contributed by atoms with Gasteiger partial charge in [0, 0.05) is 50.8 Å². The van der Waals surface area contributed by atoms with Gasteiger partial charge in [0.1, 0.15) is 19.4 Å². The van der Waals surface area contributed by atoms with Crippen LogP contribution < -0.4 is 9.80 Å². The molecule has 0 aliphatic rings. The molecule has 11 heteroatoms. The number of likely N-dealkylation sites (N-methyl/N-ethyl adjacent to an activating group) is 2. The van der Waals surface area contributed by atoms with Gasteiger partial charge in [-0.15, -0.1) is 0 Å². The fourth-order valence-corrected chi connectivity index (χ4v) is 4.02. The highest BCUT2D eigenvalue weighted by molar-refractivity contribution is 9.09. The van der Waals surface area contributed by atoms with Crippen LogP contribution in [0.3, 0.4) is 0 Å². The fourth-order valence-electron chi connectivity index (χ4n) is 4.02. The van der Waals surface area contributed by atoms with Crippen molar-refractivity contribution in [2.75, 3.05) is 63.6 Å². The number of esters is 1. The molecular weight excluding hydrogens is 740 g/mol. The molecule has 0 saturated heterocycles. The Morgan fingerprint density at radius 3 is 1.23 bits per heavy atom. The Bertz CT molecular complexity index is 1640. The van der Waals surface area contributed by atoms with E-state index in [0.29, 0.717) is 16.5 Å². The Balaban J connectivity index is -0.000000339. The minimum absolute atomic E-state index is 0. The minimum Gasteiger partial charge on any atom is -0.480 e. The molecule has 53 heavy (non-hydrogen) atoms. The summed E-state index contributed by atoms with van der Waals surface area (Å²) in [4.78, 5) is 57.3. The van der Waals surface area contributed by atoms with Crippen LogP contribution in [0, 0.1) is 0 Å². The van der Waals surface area contributed by atoms with Crippen molar-refractivity contribution in [2.45, 2.75) is 62.8 Å². The minimum atomic E-state index is -0.866. The Labute approximate surface area is 326 Å². The number of carbonyl (C=O) groups excluding carboxylic acids is 4. The summed E-state index contributed by atoms with van der Waals surface area (Å²) in [6.45, 7) is 15.3. The number of hydrogen-bond donors (Lipinski definition) is 1.